The Labute approximate surface area is 202 Å². The van der Waals surface area contributed by atoms with Crippen molar-refractivity contribution in [1.82, 2.24) is 29.7 Å². The van der Waals surface area contributed by atoms with Gasteiger partial charge in [0.1, 0.15) is 17.0 Å². The van der Waals surface area contributed by atoms with Crippen LogP contribution in [-0.4, -0.2) is 57.6 Å². The predicted octanol–water partition coefficient (Wildman–Crippen LogP) is 2.82. The van der Waals surface area contributed by atoms with E-state index in [2.05, 4.69) is 29.9 Å². The van der Waals surface area contributed by atoms with Gasteiger partial charge in [-0.3, -0.25) is 9.29 Å². The number of nitrogens with one attached hydrogen (secondary N) is 1. The Hall–Kier alpha value is -2.83. The first kappa shape index (κ1) is 22.9. The van der Waals surface area contributed by atoms with Crippen LogP contribution in [0.5, 0.6) is 5.88 Å². The maximum Gasteiger partial charge on any atom is 0.240 e. The molecule has 1 N–H and O–H groups in total. The molecule has 0 radical (unpaired) electrons. The fourth-order valence-electron chi connectivity index (χ4n) is 4.68. The molecule has 13 heteroatoms. The van der Waals surface area contributed by atoms with Crippen LogP contribution in [-0.2, 0) is 20.3 Å². The number of rotatable bonds is 9. The molecule has 3 aliphatic rings. The van der Waals surface area contributed by atoms with Gasteiger partial charge in [-0.15, -0.1) is 10.2 Å². The molecule has 0 unspecified atom stereocenters. The van der Waals surface area contributed by atoms with Crippen LogP contribution in [0.3, 0.4) is 0 Å². The predicted molar refractivity (Wildman–Crippen MR) is 124 cm³/mol. The summed E-state index contributed by atoms with van der Waals surface area (Å²) in [5.74, 6) is 1.94. The Kier molecular flexibility index (Phi) is 5.69. The highest BCUT2D eigenvalue weighted by atomic mass is 35.5. The quantitative estimate of drug-likeness (QED) is 0.465. The summed E-state index contributed by atoms with van der Waals surface area (Å²) in [4.78, 5) is 12.7. The zero-order valence-electron chi connectivity index (χ0n) is 18.8. The van der Waals surface area contributed by atoms with Crippen LogP contribution in [0.15, 0.2) is 30.6 Å². The van der Waals surface area contributed by atoms with Crippen molar-refractivity contribution < 1.29 is 17.9 Å². The van der Waals surface area contributed by atoms with E-state index in [1.165, 1.54) is 33.5 Å². The van der Waals surface area contributed by atoms with Gasteiger partial charge in [0, 0.05) is 25.6 Å². The first-order chi connectivity index (χ1) is 16.3. The molecule has 6 rings (SSSR count). The minimum Gasteiger partial charge on any atom is -0.481 e. The summed E-state index contributed by atoms with van der Waals surface area (Å²) in [7, 11) is -1.03. The van der Waals surface area contributed by atoms with E-state index in [0.29, 0.717) is 28.3 Å². The highest BCUT2D eigenvalue weighted by Gasteiger charge is 2.60. The van der Waals surface area contributed by atoms with Crippen molar-refractivity contribution in [1.29, 1.82) is 0 Å². The van der Waals surface area contributed by atoms with Gasteiger partial charge in [0.05, 0.1) is 17.7 Å². The first-order valence-electron chi connectivity index (χ1n) is 10.8. The molecule has 0 aliphatic heterocycles. The number of sulfonamides is 1. The molecule has 0 saturated heterocycles. The molecule has 3 aromatic rings. The van der Waals surface area contributed by atoms with E-state index >= 15 is 0 Å². The van der Waals surface area contributed by atoms with Gasteiger partial charge in [0.2, 0.25) is 21.9 Å². The van der Waals surface area contributed by atoms with Crippen LogP contribution in [0.1, 0.15) is 38.1 Å². The number of hydrogen-bond donors (Lipinski definition) is 1. The lowest BCUT2D eigenvalue weighted by atomic mass is 9.49. The Bertz CT molecular complexity index is 1300. The van der Waals surface area contributed by atoms with Gasteiger partial charge < -0.3 is 9.47 Å². The van der Waals surface area contributed by atoms with E-state index in [1.807, 2.05) is 10.6 Å². The molecule has 0 amide bonds. The summed E-state index contributed by atoms with van der Waals surface area (Å²) in [6.07, 6.45) is 4.73. The monoisotopic (exact) mass is 505 g/mol. The molecule has 0 aromatic carbocycles. The second kappa shape index (κ2) is 8.43. The second-order valence-corrected chi connectivity index (χ2v) is 11.2. The van der Waals surface area contributed by atoms with Crippen LogP contribution < -0.4 is 9.46 Å². The number of hydrogen-bond acceptors (Lipinski definition) is 9. The summed E-state index contributed by atoms with van der Waals surface area (Å²) in [5, 5.41) is 7.83. The summed E-state index contributed by atoms with van der Waals surface area (Å²) in [6, 6.07) is 5.35. The maximum atomic E-state index is 13.4. The van der Waals surface area contributed by atoms with Crippen molar-refractivity contribution in [2.24, 2.45) is 5.92 Å². The number of pyridine rings is 1. The maximum absolute atomic E-state index is 13.4. The van der Waals surface area contributed by atoms with E-state index in [1.54, 1.807) is 12.1 Å². The van der Waals surface area contributed by atoms with Gasteiger partial charge >= 0.3 is 0 Å². The molecule has 2 atom stereocenters. The van der Waals surface area contributed by atoms with Crippen molar-refractivity contribution in [3.05, 3.63) is 41.4 Å². The van der Waals surface area contributed by atoms with E-state index in [9.17, 15) is 8.42 Å². The van der Waals surface area contributed by atoms with Crippen molar-refractivity contribution in [3.8, 4) is 17.4 Å². The van der Waals surface area contributed by atoms with E-state index in [0.717, 1.165) is 19.3 Å². The number of aromatic nitrogens is 6. The molecule has 3 aliphatic carbocycles. The fourth-order valence-corrected chi connectivity index (χ4v) is 5.91. The lowest BCUT2D eigenvalue weighted by Gasteiger charge is -2.62. The van der Waals surface area contributed by atoms with Gasteiger partial charge in [-0.05, 0) is 38.2 Å². The Morgan fingerprint density at radius 3 is 2.47 bits per heavy atom. The smallest absolute Gasteiger partial charge is 0.240 e. The standard InChI is InChI=1S/C21H24ClN7O4S/c1-12(17(33-3)18-23-10-14(22)11-24-18)34(30,31)28-20-27-26-19(15-5-4-6-16(25-15)32-2)29(20)21-7-13(8-21)9-21/h4-6,10-13,17H,7-9H2,1-3H3,(H,27,28)/t12-,13?,17-,21?/m0/s1. The third-order valence-corrected chi connectivity index (χ3v) is 8.49. The lowest BCUT2D eigenvalue weighted by Crippen LogP contribution is -2.59. The lowest BCUT2D eigenvalue weighted by molar-refractivity contribution is -0.0862. The summed E-state index contributed by atoms with van der Waals surface area (Å²) in [5.41, 5.74) is 0.342. The van der Waals surface area contributed by atoms with Crippen molar-refractivity contribution >= 4 is 27.6 Å². The molecule has 3 fully saturated rings. The van der Waals surface area contributed by atoms with Crippen LogP contribution >= 0.6 is 11.6 Å². The zero-order chi connectivity index (χ0) is 24.1. The first-order valence-corrected chi connectivity index (χ1v) is 12.7. The number of ether oxygens (including phenoxy) is 2. The Balaban J connectivity index is 1.49. The second-order valence-electron chi connectivity index (χ2n) is 8.72. The van der Waals surface area contributed by atoms with E-state index < -0.39 is 21.4 Å². The van der Waals surface area contributed by atoms with Crippen molar-refractivity contribution in [3.63, 3.8) is 0 Å². The average molecular weight is 506 g/mol. The SMILES string of the molecule is COc1cccc(-c2nnc(NS(=O)(=O)[C@@H](C)[C@H](OC)c3ncc(Cl)cn3)n2C23CC(C2)C3)n1. The highest BCUT2D eigenvalue weighted by Crippen LogP contribution is 2.63. The summed E-state index contributed by atoms with van der Waals surface area (Å²) >= 11 is 5.86. The largest absolute Gasteiger partial charge is 0.481 e. The molecule has 180 valence electrons. The van der Waals surface area contributed by atoms with E-state index in [-0.39, 0.29) is 17.3 Å². The van der Waals surface area contributed by atoms with Crippen LogP contribution in [0.2, 0.25) is 5.02 Å². The Morgan fingerprint density at radius 1 is 1.18 bits per heavy atom. The molecule has 11 nitrogen and oxygen atoms in total. The molecular formula is C21H24ClN7O4S. The van der Waals surface area contributed by atoms with E-state index in [4.69, 9.17) is 21.1 Å². The van der Waals surface area contributed by atoms with Crippen molar-refractivity contribution in [2.45, 2.75) is 43.1 Å². The van der Waals surface area contributed by atoms with Crippen LogP contribution in [0.25, 0.3) is 11.5 Å². The number of halogens is 1. The number of nitrogens with zero attached hydrogens (tertiary/aromatic N) is 6. The zero-order valence-corrected chi connectivity index (χ0v) is 20.4. The fraction of sp³-hybridized carbons (Fsp3) is 0.476. The number of methoxy groups -OCH3 is 2. The third-order valence-electron chi connectivity index (χ3n) is 6.60. The summed E-state index contributed by atoms with van der Waals surface area (Å²) < 4.78 is 42.0. The van der Waals surface area contributed by atoms with Gasteiger partial charge in [-0.25, -0.2) is 23.4 Å². The molecule has 3 saturated carbocycles. The summed E-state index contributed by atoms with van der Waals surface area (Å²) in [6.45, 7) is 1.53. The van der Waals surface area contributed by atoms with Crippen LogP contribution in [0.4, 0.5) is 5.95 Å². The minimum atomic E-state index is -3.97. The van der Waals surface area contributed by atoms with Crippen LogP contribution in [0, 0.1) is 5.92 Å². The van der Waals surface area contributed by atoms with Gasteiger partial charge in [-0.1, -0.05) is 17.7 Å². The topological polar surface area (TPSA) is 134 Å². The molecule has 3 heterocycles. The van der Waals surface area contributed by atoms with Gasteiger partial charge in [-0.2, -0.15) is 0 Å². The number of anilines is 1. The molecule has 3 aromatic heterocycles. The average Bonchev–Trinajstić information content (AvgIpc) is 3.16. The van der Waals surface area contributed by atoms with Gasteiger partial charge in [0.25, 0.3) is 0 Å². The highest BCUT2D eigenvalue weighted by molar-refractivity contribution is 7.93. The van der Waals surface area contributed by atoms with Crippen molar-refractivity contribution in [2.75, 3.05) is 18.9 Å². The molecular weight excluding hydrogens is 482 g/mol. The third kappa shape index (κ3) is 3.79. The minimum absolute atomic E-state index is 0.150. The molecule has 0 spiro atoms. The normalized spacial score (nSPS) is 22.9. The molecule has 34 heavy (non-hydrogen) atoms. The van der Waals surface area contributed by atoms with Gasteiger partial charge in [0.15, 0.2) is 11.6 Å². The Morgan fingerprint density at radius 2 is 1.88 bits per heavy atom. The molecule has 2 bridgehead atoms.